The number of nitrogens with one attached hydrogen (secondary N) is 1. The SMILES string of the molecule is ICC[C@@H]1COCCN1. The second-order valence-electron chi connectivity index (χ2n) is 2.20. The highest BCUT2D eigenvalue weighted by molar-refractivity contribution is 14.1. The van der Waals surface area contributed by atoms with Crippen LogP contribution in [0.1, 0.15) is 6.42 Å². The molecule has 0 saturated carbocycles. The highest BCUT2D eigenvalue weighted by atomic mass is 127. The molecule has 1 N–H and O–H groups in total. The van der Waals surface area contributed by atoms with Gasteiger partial charge < -0.3 is 10.1 Å². The molecule has 0 unspecified atom stereocenters. The minimum absolute atomic E-state index is 0.621. The van der Waals surface area contributed by atoms with Crippen LogP contribution in [0.5, 0.6) is 0 Å². The highest BCUT2D eigenvalue weighted by Crippen LogP contribution is 2.00. The van der Waals surface area contributed by atoms with Crippen LogP contribution in [0.15, 0.2) is 0 Å². The summed E-state index contributed by atoms with van der Waals surface area (Å²) in [6.45, 7) is 2.82. The van der Waals surface area contributed by atoms with E-state index in [1.54, 1.807) is 0 Å². The topological polar surface area (TPSA) is 21.3 Å². The average molecular weight is 241 g/mol. The molecule has 1 saturated heterocycles. The molecule has 1 aliphatic rings. The number of rotatable bonds is 2. The molecular formula is C6H12INO. The van der Waals surface area contributed by atoms with Gasteiger partial charge in [0.15, 0.2) is 0 Å². The van der Waals surface area contributed by atoms with E-state index < -0.39 is 0 Å². The Labute approximate surface area is 69.5 Å². The van der Waals surface area contributed by atoms with E-state index in [2.05, 4.69) is 27.9 Å². The summed E-state index contributed by atoms with van der Waals surface area (Å²) in [7, 11) is 0. The zero-order valence-electron chi connectivity index (χ0n) is 5.40. The predicted molar refractivity (Wildman–Crippen MR) is 46.1 cm³/mol. The van der Waals surface area contributed by atoms with Crippen molar-refractivity contribution in [3.8, 4) is 0 Å². The van der Waals surface area contributed by atoms with Crippen molar-refractivity contribution in [2.24, 2.45) is 0 Å². The lowest BCUT2D eigenvalue weighted by Gasteiger charge is -2.22. The molecule has 1 rings (SSSR count). The zero-order valence-corrected chi connectivity index (χ0v) is 7.56. The normalized spacial score (nSPS) is 28.3. The Morgan fingerprint density at radius 3 is 3.11 bits per heavy atom. The molecule has 2 nitrogen and oxygen atoms in total. The van der Waals surface area contributed by atoms with Gasteiger partial charge in [0.25, 0.3) is 0 Å². The standard InChI is InChI=1S/C6H12INO/c7-2-1-6-5-9-4-3-8-6/h6,8H,1-5H2/t6-/m1/s1. The first-order valence-electron chi connectivity index (χ1n) is 3.30. The molecule has 54 valence electrons. The van der Waals surface area contributed by atoms with Crippen LogP contribution < -0.4 is 5.32 Å². The quantitative estimate of drug-likeness (QED) is 0.570. The number of ether oxygens (including phenoxy) is 1. The first kappa shape index (κ1) is 7.75. The van der Waals surface area contributed by atoms with E-state index in [0.29, 0.717) is 6.04 Å². The van der Waals surface area contributed by atoms with E-state index in [1.807, 2.05) is 0 Å². The maximum atomic E-state index is 5.27. The Hall–Kier alpha value is 0.650. The second kappa shape index (κ2) is 4.46. The zero-order chi connectivity index (χ0) is 6.53. The first-order valence-corrected chi connectivity index (χ1v) is 4.83. The smallest absolute Gasteiger partial charge is 0.0620 e. The molecule has 0 aromatic carbocycles. The molecule has 1 heterocycles. The van der Waals surface area contributed by atoms with E-state index >= 15 is 0 Å². The van der Waals surface area contributed by atoms with Gasteiger partial charge in [-0.3, -0.25) is 0 Å². The van der Waals surface area contributed by atoms with Crippen molar-refractivity contribution in [3.63, 3.8) is 0 Å². The minimum Gasteiger partial charge on any atom is -0.379 e. The molecule has 1 aliphatic heterocycles. The van der Waals surface area contributed by atoms with Crippen molar-refractivity contribution >= 4 is 22.6 Å². The molecule has 0 amide bonds. The van der Waals surface area contributed by atoms with E-state index in [4.69, 9.17) is 4.74 Å². The largest absolute Gasteiger partial charge is 0.379 e. The third-order valence-electron chi connectivity index (χ3n) is 1.46. The molecule has 0 radical (unpaired) electrons. The van der Waals surface area contributed by atoms with Gasteiger partial charge in [-0.15, -0.1) is 0 Å². The van der Waals surface area contributed by atoms with Crippen LogP contribution in [0.3, 0.4) is 0 Å². The molecule has 0 aliphatic carbocycles. The Kier molecular flexibility index (Phi) is 3.85. The van der Waals surface area contributed by atoms with Gasteiger partial charge in [0.05, 0.1) is 13.2 Å². The van der Waals surface area contributed by atoms with E-state index in [-0.39, 0.29) is 0 Å². The fraction of sp³-hybridized carbons (Fsp3) is 1.00. The molecular weight excluding hydrogens is 229 g/mol. The van der Waals surface area contributed by atoms with E-state index in [1.165, 1.54) is 10.8 Å². The van der Waals surface area contributed by atoms with E-state index in [9.17, 15) is 0 Å². The van der Waals surface area contributed by atoms with Gasteiger partial charge in [-0.25, -0.2) is 0 Å². The van der Waals surface area contributed by atoms with Crippen LogP contribution in [0.2, 0.25) is 0 Å². The van der Waals surface area contributed by atoms with Crippen LogP contribution in [0.25, 0.3) is 0 Å². The summed E-state index contributed by atoms with van der Waals surface area (Å²) >= 11 is 2.39. The van der Waals surface area contributed by atoms with Crippen LogP contribution in [-0.2, 0) is 4.74 Å². The highest BCUT2D eigenvalue weighted by Gasteiger charge is 2.10. The van der Waals surface area contributed by atoms with Crippen molar-refractivity contribution in [2.75, 3.05) is 24.2 Å². The summed E-state index contributed by atoms with van der Waals surface area (Å²) < 4.78 is 6.49. The lowest BCUT2D eigenvalue weighted by molar-refractivity contribution is 0.0763. The first-order chi connectivity index (χ1) is 4.43. The molecule has 9 heavy (non-hydrogen) atoms. The molecule has 0 aromatic rings. The van der Waals surface area contributed by atoms with Gasteiger partial charge in [0, 0.05) is 17.0 Å². The second-order valence-corrected chi connectivity index (χ2v) is 3.28. The van der Waals surface area contributed by atoms with Crippen molar-refractivity contribution in [1.82, 2.24) is 5.32 Å². The van der Waals surface area contributed by atoms with Gasteiger partial charge >= 0.3 is 0 Å². The van der Waals surface area contributed by atoms with Crippen molar-refractivity contribution in [3.05, 3.63) is 0 Å². The predicted octanol–water partition coefficient (Wildman–Crippen LogP) is 0.800. The summed E-state index contributed by atoms with van der Waals surface area (Å²) in [6, 6.07) is 0.621. The molecule has 3 heteroatoms. The van der Waals surface area contributed by atoms with Crippen LogP contribution in [0.4, 0.5) is 0 Å². The Bertz CT molecular complexity index is 70.7. The van der Waals surface area contributed by atoms with Gasteiger partial charge in [-0.1, -0.05) is 22.6 Å². The van der Waals surface area contributed by atoms with Gasteiger partial charge in [0.2, 0.25) is 0 Å². The molecule has 0 bridgehead atoms. The maximum Gasteiger partial charge on any atom is 0.0620 e. The monoisotopic (exact) mass is 241 g/mol. The van der Waals surface area contributed by atoms with E-state index in [0.717, 1.165) is 19.8 Å². The molecule has 0 spiro atoms. The summed E-state index contributed by atoms with van der Waals surface area (Å²) in [5.41, 5.74) is 0. The Morgan fingerprint density at radius 2 is 2.56 bits per heavy atom. The lowest BCUT2D eigenvalue weighted by atomic mass is 10.2. The van der Waals surface area contributed by atoms with Gasteiger partial charge in [-0.05, 0) is 6.42 Å². The van der Waals surface area contributed by atoms with Crippen molar-refractivity contribution in [2.45, 2.75) is 12.5 Å². The molecule has 1 atom stereocenters. The number of hydrogen-bond acceptors (Lipinski definition) is 2. The molecule has 0 aromatic heterocycles. The van der Waals surface area contributed by atoms with Gasteiger partial charge in [0.1, 0.15) is 0 Å². The van der Waals surface area contributed by atoms with Crippen molar-refractivity contribution < 1.29 is 4.74 Å². The van der Waals surface area contributed by atoms with Gasteiger partial charge in [-0.2, -0.15) is 0 Å². The number of halogens is 1. The van der Waals surface area contributed by atoms with Crippen LogP contribution in [0, 0.1) is 0 Å². The number of alkyl halides is 1. The average Bonchev–Trinajstić information content (AvgIpc) is 1.91. The Balaban J connectivity index is 2.08. The number of hydrogen-bond donors (Lipinski definition) is 1. The Morgan fingerprint density at radius 1 is 1.67 bits per heavy atom. The van der Waals surface area contributed by atoms with Crippen LogP contribution in [-0.4, -0.2) is 30.2 Å². The molecule has 1 fully saturated rings. The summed E-state index contributed by atoms with van der Waals surface area (Å²) in [5, 5.41) is 3.39. The third kappa shape index (κ3) is 2.82. The third-order valence-corrected chi connectivity index (χ3v) is 2.08. The number of morpholine rings is 1. The lowest BCUT2D eigenvalue weighted by Crippen LogP contribution is -2.41. The fourth-order valence-electron chi connectivity index (χ4n) is 0.937. The minimum atomic E-state index is 0.621. The summed E-state index contributed by atoms with van der Waals surface area (Å²) in [6.07, 6.45) is 1.24. The summed E-state index contributed by atoms with van der Waals surface area (Å²) in [4.78, 5) is 0. The maximum absolute atomic E-state index is 5.27. The summed E-state index contributed by atoms with van der Waals surface area (Å²) in [5.74, 6) is 0. The van der Waals surface area contributed by atoms with Crippen molar-refractivity contribution in [1.29, 1.82) is 0 Å². The fourth-order valence-corrected chi connectivity index (χ4v) is 1.69. The van der Waals surface area contributed by atoms with Crippen LogP contribution >= 0.6 is 22.6 Å².